The Morgan fingerprint density at radius 2 is 1.77 bits per heavy atom. The molecule has 0 aliphatic rings. The van der Waals surface area contributed by atoms with Crippen LogP contribution in [-0.2, 0) is 0 Å². The summed E-state index contributed by atoms with van der Waals surface area (Å²) in [4.78, 5) is 9.24. The molecule has 0 amide bonds. The van der Waals surface area contributed by atoms with Crippen LogP contribution >= 0.6 is 0 Å². The molecule has 0 spiro atoms. The van der Waals surface area contributed by atoms with Crippen LogP contribution in [0.4, 0.5) is 17.5 Å². The van der Waals surface area contributed by atoms with Crippen molar-refractivity contribution in [3.05, 3.63) is 54.1 Å². The quantitative estimate of drug-likeness (QED) is 0.743. The molecule has 4 nitrogen and oxygen atoms in total. The highest BCUT2D eigenvalue weighted by atomic mass is 15.1. The lowest BCUT2D eigenvalue weighted by atomic mass is 10.2. The third-order valence-electron chi connectivity index (χ3n) is 3.30. The van der Waals surface area contributed by atoms with Crippen LogP contribution < -0.4 is 10.6 Å². The Morgan fingerprint density at radius 3 is 2.55 bits per heavy atom. The van der Waals surface area contributed by atoms with Crippen LogP contribution in [0.15, 0.2) is 48.5 Å². The molecule has 0 saturated carbocycles. The minimum Gasteiger partial charge on any atom is -0.367 e. The van der Waals surface area contributed by atoms with Gasteiger partial charge in [0.2, 0.25) is 5.95 Å². The maximum atomic E-state index is 4.63. The van der Waals surface area contributed by atoms with E-state index < -0.39 is 0 Å². The summed E-state index contributed by atoms with van der Waals surface area (Å²) in [6.45, 7) is 6.27. The summed E-state index contributed by atoms with van der Waals surface area (Å²) in [5, 5.41) is 7.72. The van der Waals surface area contributed by atoms with Gasteiger partial charge in [-0.3, -0.25) is 0 Å². The number of aryl methyl sites for hydroxylation is 1. The first-order chi connectivity index (χ1) is 10.6. The predicted molar refractivity (Wildman–Crippen MR) is 92.8 cm³/mol. The Morgan fingerprint density at radius 1 is 0.955 bits per heavy atom. The van der Waals surface area contributed by atoms with E-state index in [9.17, 15) is 0 Å². The van der Waals surface area contributed by atoms with Crippen LogP contribution in [0.2, 0.25) is 0 Å². The molecular weight excluding hydrogens is 272 g/mol. The average Bonchev–Trinajstić information content (AvgIpc) is 2.46. The van der Waals surface area contributed by atoms with Crippen molar-refractivity contribution in [2.24, 2.45) is 0 Å². The molecule has 3 aromatic rings. The Kier molecular flexibility index (Phi) is 3.92. The maximum absolute atomic E-state index is 4.63. The van der Waals surface area contributed by atoms with E-state index in [0.717, 1.165) is 22.4 Å². The second kappa shape index (κ2) is 6.02. The summed E-state index contributed by atoms with van der Waals surface area (Å²) in [6, 6.07) is 16.5. The molecular formula is C18H20N4. The van der Waals surface area contributed by atoms with Gasteiger partial charge in [-0.05, 0) is 50.6 Å². The molecule has 0 fully saturated rings. The Hall–Kier alpha value is -2.62. The second-order valence-electron chi connectivity index (χ2n) is 5.71. The van der Waals surface area contributed by atoms with E-state index in [1.165, 1.54) is 5.56 Å². The number of nitrogens with zero attached hydrogens (tertiary/aromatic N) is 2. The SMILES string of the molecule is Cc1cccc(Nc2nc(NC(C)C)c3ccccc3n2)c1. The van der Waals surface area contributed by atoms with Crippen molar-refractivity contribution in [2.75, 3.05) is 10.6 Å². The Bertz CT molecular complexity index is 796. The summed E-state index contributed by atoms with van der Waals surface area (Å²) < 4.78 is 0. The number of anilines is 3. The largest absolute Gasteiger partial charge is 0.367 e. The number of hydrogen-bond donors (Lipinski definition) is 2. The molecule has 0 unspecified atom stereocenters. The van der Waals surface area contributed by atoms with Crippen molar-refractivity contribution >= 4 is 28.4 Å². The first-order valence-electron chi connectivity index (χ1n) is 7.49. The number of benzene rings is 2. The van der Waals surface area contributed by atoms with Gasteiger partial charge in [0.15, 0.2) is 0 Å². The van der Waals surface area contributed by atoms with Crippen molar-refractivity contribution < 1.29 is 0 Å². The van der Waals surface area contributed by atoms with Crippen LogP contribution in [0.25, 0.3) is 10.9 Å². The number of fused-ring (bicyclic) bond motifs is 1. The smallest absolute Gasteiger partial charge is 0.229 e. The van der Waals surface area contributed by atoms with Crippen molar-refractivity contribution in [3.63, 3.8) is 0 Å². The highest BCUT2D eigenvalue weighted by molar-refractivity contribution is 5.90. The summed E-state index contributed by atoms with van der Waals surface area (Å²) in [6.07, 6.45) is 0. The first kappa shape index (κ1) is 14.3. The van der Waals surface area contributed by atoms with E-state index in [-0.39, 0.29) is 0 Å². The summed E-state index contributed by atoms with van der Waals surface area (Å²) in [7, 11) is 0. The van der Waals surface area contributed by atoms with Crippen molar-refractivity contribution in [1.82, 2.24) is 9.97 Å². The molecule has 0 saturated heterocycles. The standard InChI is InChI=1S/C18H20N4/c1-12(2)19-17-15-9-4-5-10-16(15)21-18(22-17)20-14-8-6-7-13(3)11-14/h4-12H,1-3H3,(H2,19,20,21,22). The zero-order valence-electron chi connectivity index (χ0n) is 13.1. The van der Waals surface area contributed by atoms with Crippen molar-refractivity contribution in [1.29, 1.82) is 0 Å². The van der Waals surface area contributed by atoms with E-state index in [4.69, 9.17) is 0 Å². The van der Waals surface area contributed by atoms with Gasteiger partial charge in [-0.2, -0.15) is 4.98 Å². The zero-order chi connectivity index (χ0) is 15.5. The minimum atomic E-state index is 0.310. The molecule has 1 aromatic heterocycles. The van der Waals surface area contributed by atoms with Crippen LogP contribution in [0, 0.1) is 6.92 Å². The second-order valence-corrected chi connectivity index (χ2v) is 5.71. The molecule has 2 N–H and O–H groups in total. The first-order valence-corrected chi connectivity index (χ1v) is 7.49. The van der Waals surface area contributed by atoms with E-state index in [1.54, 1.807) is 0 Å². The number of nitrogens with one attached hydrogen (secondary N) is 2. The highest BCUT2D eigenvalue weighted by Gasteiger charge is 2.08. The van der Waals surface area contributed by atoms with Crippen LogP contribution in [0.1, 0.15) is 19.4 Å². The van der Waals surface area contributed by atoms with Gasteiger partial charge in [-0.15, -0.1) is 0 Å². The Balaban J connectivity index is 2.02. The molecule has 0 aliphatic carbocycles. The molecule has 0 atom stereocenters. The van der Waals surface area contributed by atoms with Gasteiger partial charge in [0, 0.05) is 17.1 Å². The van der Waals surface area contributed by atoms with Crippen LogP contribution in [0.3, 0.4) is 0 Å². The van der Waals surface area contributed by atoms with Gasteiger partial charge in [0.25, 0.3) is 0 Å². The van der Waals surface area contributed by atoms with E-state index in [2.05, 4.69) is 53.5 Å². The fourth-order valence-corrected chi connectivity index (χ4v) is 2.37. The molecule has 4 heteroatoms. The van der Waals surface area contributed by atoms with E-state index in [0.29, 0.717) is 12.0 Å². The molecule has 1 heterocycles. The van der Waals surface area contributed by atoms with E-state index in [1.807, 2.05) is 36.4 Å². The fourth-order valence-electron chi connectivity index (χ4n) is 2.37. The van der Waals surface area contributed by atoms with Crippen LogP contribution in [0.5, 0.6) is 0 Å². The molecule has 0 bridgehead atoms. The number of rotatable bonds is 4. The number of aromatic nitrogens is 2. The zero-order valence-corrected chi connectivity index (χ0v) is 13.1. The fraction of sp³-hybridized carbons (Fsp3) is 0.222. The average molecular weight is 292 g/mol. The van der Waals surface area contributed by atoms with Crippen molar-refractivity contribution in [3.8, 4) is 0 Å². The Labute approximate surface area is 130 Å². The van der Waals surface area contributed by atoms with Gasteiger partial charge in [-0.25, -0.2) is 4.98 Å². The molecule has 3 rings (SSSR count). The van der Waals surface area contributed by atoms with Crippen LogP contribution in [-0.4, -0.2) is 16.0 Å². The summed E-state index contributed by atoms with van der Waals surface area (Å²) in [5.41, 5.74) is 3.12. The lowest BCUT2D eigenvalue weighted by Crippen LogP contribution is -2.12. The predicted octanol–water partition coefficient (Wildman–Crippen LogP) is 4.50. The number of para-hydroxylation sites is 1. The highest BCUT2D eigenvalue weighted by Crippen LogP contribution is 2.24. The third kappa shape index (κ3) is 3.17. The lowest BCUT2D eigenvalue weighted by Gasteiger charge is -2.14. The monoisotopic (exact) mass is 292 g/mol. The number of hydrogen-bond acceptors (Lipinski definition) is 4. The summed E-state index contributed by atoms with van der Waals surface area (Å²) >= 11 is 0. The molecule has 0 aliphatic heterocycles. The maximum Gasteiger partial charge on any atom is 0.229 e. The topological polar surface area (TPSA) is 49.8 Å². The summed E-state index contributed by atoms with van der Waals surface area (Å²) in [5.74, 6) is 1.46. The van der Waals surface area contributed by atoms with Crippen molar-refractivity contribution in [2.45, 2.75) is 26.8 Å². The molecule has 22 heavy (non-hydrogen) atoms. The van der Waals surface area contributed by atoms with Gasteiger partial charge in [0.05, 0.1) is 5.52 Å². The molecule has 0 radical (unpaired) electrons. The normalized spacial score (nSPS) is 10.9. The van der Waals surface area contributed by atoms with E-state index >= 15 is 0 Å². The minimum absolute atomic E-state index is 0.310. The molecule has 2 aromatic carbocycles. The molecule has 112 valence electrons. The third-order valence-corrected chi connectivity index (χ3v) is 3.30. The van der Waals surface area contributed by atoms with Gasteiger partial charge in [0.1, 0.15) is 5.82 Å². The van der Waals surface area contributed by atoms with Gasteiger partial charge in [-0.1, -0.05) is 24.3 Å². The van der Waals surface area contributed by atoms with Gasteiger partial charge >= 0.3 is 0 Å². The lowest BCUT2D eigenvalue weighted by molar-refractivity contribution is 0.891. The van der Waals surface area contributed by atoms with Gasteiger partial charge < -0.3 is 10.6 Å².